The van der Waals surface area contributed by atoms with Crippen LogP contribution in [0, 0.1) is 12.8 Å². The van der Waals surface area contributed by atoms with Crippen molar-refractivity contribution in [2.45, 2.75) is 39.0 Å². The van der Waals surface area contributed by atoms with Crippen molar-refractivity contribution >= 4 is 15.9 Å². The van der Waals surface area contributed by atoms with Gasteiger partial charge in [0.25, 0.3) is 0 Å². The van der Waals surface area contributed by atoms with Gasteiger partial charge in [-0.15, -0.1) is 0 Å². The molecule has 1 heterocycles. The molecule has 14 heavy (non-hydrogen) atoms. The maximum atomic E-state index is 4.46. The van der Waals surface area contributed by atoms with Gasteiger partial charge in [0.1, 0.15) is 0 Å². The highest BCUT2D eigenvalue weighted by atomic mass is 79.9. The fourth-order valence-corrected chi connectivity index (χ4v) is 2.44. The summed E-state index contributed by atoms with van der Waals surface area (Å²) in [4.78, 5) is 4.46. The molecule has 76 valence electrons. The molecule has 1 nitrogen and oxygen atoms in total. The predicted molar refractivity (Wildman–Crippen MR) is 62.3 cm³/mol. The molecule has 1 aliphatic rings. The highest BCUT2D eigenvalue weighted by Gasteiger charge is 2.15. The second-order valence-electron chi connectivity index (χ2n) is 4.28. The monoisotopic (exact) mass is 253 g/mol. The van der Waals surface area contributed by atoms with Crippen molar-refractivity contribution in [3.8, 4) is 0 Å². The van der Waals surface area contributed by atoms with Gasteiger partial charge in [-0.1, -0.05) is 25.7 Å². The van der Waals surface area contributed by atoms with Gasteiger partial charge < -0.3 is 0 Å². The van der Waals surface area contributed by atoms with Gasteiger partial charge in [-0.25, -0.2) is 0 Å². The predicted octanol–water partition coefficient (Wildman–Crippen LogP) is 3.89. The van der Waals surface area contributed by atoms with E-state index in [1.807, 2.05) is 6.20 Å². The number of rotatable bonds is 2. The summed E-state index contributed by atoms with van der Waals surface area (Å²) in [6, 6.07) is 2.21. The third-order valence-electron chi connectivity index (χ3n) is 3.08. The average Bonchev–Trinajstić information content (AvgIpc) is 2.64. The Kier molecular flexibility index (Phi) is 3.22. The van der Waals surface area contributed by atoms with Gasteiger partial charge in [0.15, 0.2) is 0 Å². The van der Waals surface area contributed by atoms with Crippen LogP contribution in [0.4, 0.5) is 0 Å². The molecule has 2 heteroatoms. The smallest absolute Gasteiger partial charge is 0.0416 e. The van der Waals surface area contributed by atoms with E-state index in [0.29, 0.717) is 0 Å². The molecule has 1 aromatic heterocycles. The first kappa shape index (κ1) is 10.2. The first-order valence-corrected chi connectivity index (χ1v) is 6.16. The minimum absolute atomic E-state index is 0.892. The molecule has 0 saturated heterocycles. The number of hydrogen-bond donors (Lipinski definition) is 0. The number of aromatic nitrogens is 1. The van der Waals surface area contributed by atoms with Gasteiger partial charge in [0, 0.05) is 16.4 Å². The SMILES string of the molecule is Cc1cc(CC2CCCC2)ncc1Br. The molecule has 0 N–H and O–H groups in total. The Morgan fingerprint density at radius 2 is 2.14 bits per heavy atom. The Morgan fingerprint density at radius 1 is 1.43 bits per heavy atom. The molecule has 2 rings (SSSR count). The Morgan fingerprint density at radius 3 is 2.79 bits per heavy atom. The molecule has 0 radical (unpaired) electrons. The van der Waals surface area contributed by atoms with Gasteiger partial charge >= 0.3 is 0 Å². The molecule has 0 spiro atoms. The Bertz CT molecular complexity index is 316. The van der Waals surface area contributed by atoms with E-state index >= 15 is 0 Å². The van der Waals surface area contributed by atoms with E-state index in [-0.39, 0.29) is 0 Å². The van der Waals surface area contributed by atoms with Crippen LogP contribution in [0.15, 0.2) is 16.7 Å². The van der Waals surface area contributed by atoms with E-state index < -0.39 is 0 Å². The molecular weight excluding hydrogens is 238 g/mol. The third-order valence-corrected chi connectivity index (χ3v) is 3.91. The van der Waals surface area contributed by atoms with E-state index in [9.17, 15) is 0 Å². The van der Waals surface area contributed by atoms with Crippen molar-refractivity contribution in [2.24, 2.45) is 5.92 Å². The Labute approximate surface area is 94.1 Å². The second-order valence-corrected chi connectivity index (χ2v) is 5.13. The summed E-state index contributed by atoms with van der Waals surface area (Å²) in [7, 11) is 0. The van der Waals surface area contributed by atoms with Crippen LogP contribution in [0.5, 0.6) is 0 Å². The van der Waals surface area contributed by atoms with Crippen LogP contribution in [0.25, 0.3) is 0 Å². The summed E-state index contributed by atoms with van der Waals surface area (Å²) >= 11 is 3.48. The number of pyridine rings is 1. The fourth-order valence-electron chi connectivity index (χ4n) is 2.22. The number of nitrogens with zero attached hydrogens (tertiary/aromatic N) is 1. The second kappa shape index (κ2) is 4.43. The lowest BCUT2D eigenvalue weighted by molar-refractivity contribution is 0.539. The molecule has 0 atom stereocenters. The zero-order chi connectivity index (χ0) is 9.97. The zero-order valence-corrected chi connectivity index (χ0v) is 10.2. The normalized spacial score (nSPS) is 17.6. The first-order chi connectivity index (χ1) is 6.75. The fraction of sp³-hybridized carbons (Fsp3) is 0.583. The van der Waals surface area contributed by atoms with Crippen LogP contribution < -0.4 is 0 Å². The first-order valence-electron chi connectivity index (χ1n) is 5.37. The van der Waals surface area contributed by atoms with Gasteiger partial charge in [-0.3, -0.25) is 4.98 Å². The molecule has 1 aliphatic carbocycles. The lowest BCUT2D eigenvalue weighted by atomic mass is 10.0. The van der Waals surface area contributed by atoms with Crippen molar-refractivity contribution in [3.05, 3.63) is 28.0 Å². The van der Waals surface area contributed by atoms with E-state index in [0.717, 1.165) is 10.4 Å². The summed E-state index contributed by atoms with van der Waals surface area (Å²) in [5.74, 6) is 0.892. The summed E-state index contributed by atoms with van der Waals surface area (Å²) < 4.78 is 1.12. The Balaban J connectivity index is 2.05. The number of hydrogen-bond acceptors (Lipinski definition) is 1. The molecule has 0 unspecified atom stereocenters. The zero-order valence-electron chi connectivity index (χ0n) is 8.59. The largest absolute Gasteiger partial charge is 0.260 e. The minimum Gasteiger partial charge on any atom is -0.260 e. The highest BCUT2D eigenvalue weighted by Crippen LogP contribution is 2.28. The molecule has 1 saturated carbocycles. The van der Waals surface area contributed by atoms with Crippen molar-refractivity contribution in [2.75, 3.05) is 0 Å². The summed E-state index contributed by atoms with van der Waals surface area (Å²) in [5.41, 5.74) is 2.56. The van der Waals surface area contributed by atoms with E-state index in [1.54, 1.807) is 0 Å². The van der Waals surface area contributed by atoms with Crippen molar-refractivity contribution in [3.63, 3.8) is 0 Å². The van der Waals surface area contributed by atoms with Crippen molar-refractivity contribution in [1.29, 1.82) is 0 Å². The molecule has 0 aromatic carbocycles. The van der Waals surface area contributed by atoms with Gasteiger partial charge in [0.05, 0.1) is 0 Å². The Hall–Kier alpha value is -0.370. The van der Waals surface area contributed by atoms with Gasteiger partial charge in [-0.05, 0) is 46.8 Å². The average molecular weight is 254 g/mol. The molecule has 1 fully saturated rings. The topological polar surface area (TPSA) is 12.9 Å². The summed E-state index contributed by atoms with van der Waals surface area (Å²) in [6.45, 7) is 2.13. The van der Waals surface area contributed by atoms with Crippen LogP contribution in [0.3, 0.4) is 0 Å². The quantitative estimate of drug-likeness (QED) is 0.780. The molecule has 1 aromatic rings. The summed E-state index contributed by atoms with van der Waals surface area (Å²) in [5, 5.41) is 0. The lowest BCUT2D eigenvalue weighted by Crippen LogP contribution is -2.01. The van der Waals surface area contributed by atoms with E-state index in [4.69, 9.17) is 0 Å². The number of halogens is 1. The summed E-state index contributed by atoms with van der Waals surface area (Å²) in [6.07, 6.45) is 8.74. The van der Waals surface area contributed by atoms with Crippen molar-refractivity contribution < 1.29 is 0 Å². The van der Waals surface area contributed by atoms with Gasteiger partial charge in [0.2, 0.25) is 0 Å². The maximum absolute atomic E-state index is 4.46. The third kappa shape index (κ3) is 2.35. The molecule has 0 amide bonds. The van der Waals surface area contributed by atoms with Crippen LogP contribution in [0.2, 0.25) is 0 Å². The van der Waals surface area contributed by atoms with Crippen LogP contribution in [-0.2, 0) is 6.42 Å². The molecule has 0 bridgehead atoms. The van der Waals surface area contributed by atoms with Gasteiger partial charge in [-0.2, -0.15) is 0 Å². The van der Waals surface area contributed by atoms with Crippen LogP contribution >= 0.6 is 15.9 Å². The number of aryl methyl sites for hydroxylation is 1. The standard InChI is InChI=1S/C12H16BrN/c1-9-6-11(14-8-12(9)13)7-10-4-2-3-5-10/h6,8,10H,2-5,7H2,1H3. The molecular formula is C12H16BrN. The molecule has 0 aliphatic heterocycles. The van der Waals surface area contributed by atoms with Crippen molar-refractivity contribution in [1.82, 2.24) is 4.98 Å². The highest BCUT2D eigenvalue weighted by molar-refractivity contribution is 9.10. The van der Waals surface area contributed by atoms with Crippen LogP contribution in [-0.4, -0.2) is 4.98 Å². The minimum atomic E-state index is 0.892. The van der Waals surface area contributed by atoms with E-state index in [2.05, 4.69) is 33.9 Å². The maximum Gasteiger partial charge on any atom is 0.0416 e. The van der Waals surface area contributed by atoms with Crippen LogP contribution in [0.1, 0.15) is 36.9 Å². The van der Waals surface area contributed by atoms with E-state index in [1.165, 1.54) is 43.4 Å². The lowest BCUT2D eigenvalue weighted by Gasteiger charge is -2.08.